The number of hydrogen-bond donors (Lipinski definition) is 2. The number of benzene rings is 1. The molecule has 1 aliphatic rings. The van der Waals surface area contributed by atoms with Gasteiger partial charge in [0.05, 0.1) is 0 Å². The van der Waals surface area contributed by atoms with E-state index in [1.165, 1.54) is 11.1 Å². The largest absolute Gasteiger partial charge is 0.550 e. The third-order valence-corrected chi connectivity index (χ3v) is 3.15. The van der Waals surface area contributed by atoms with Crippen LogP contribution in [0.1, 0.15) is 17.5 Å². The minimum atomic E-state index is -1.15. The number of quaternary nitrogens is 1. The van der Waals surface area contributed by atoms with Crippen LogP contribution in [0.5, 0.6) is 0 Å². The van der Waals surface area contributed by atoms with E-state index >= 15 is 0 Å². The van der Waals surface area contributed by atoms with Crippen LogP contribution in [0, 0.1) is 0 Å². The summed E-state index contributed by atoms with van der Waals surface area (Å²) in [6.07, 6.45) is 0.544. The van der Waals surface area contributed by atoms with Crippen LogP contribution in [-0.4, -0.2) is 24.5 Å². The van der Waals surface area contributed by atoms with Crippen LogP contribution < -0.4 is 15.7 Å². The molecule has 1 aromatic rings. The van der Waals surface area contributed by atoms with Crippen molar-refractivity contribution < 1.29 is 20.0 Å². The molecule has 1 amide bonds. The first-order valence-electron chi connectivity index (χ1n) is 6.04. The topological polar surface area (TPSA) is 85.8 Å². The molecule has 1 atom stereocenters. The maximum atomic E-state index is 11.8. The molecule has 0 radical (unpaired) electrons. The molecule has 0 fully saturated rings. The molecule has 96 valence electrons. The molecule has 0 aliphatic carbocycles. The van der Waals surface area contributed by atoms with Crippen molar-refractivity contribution in [2.45, 2.75) is 25.4 Å². The second-order valence-electron chi connectivity index (χ2n) is 4.43. The number of amides is 1. The molecular formula is C13H16N2O3. The molecule has 0 bridgehead atoms. The van der Waals surface area contributed by atoms with Crippen LogP contribution in [-0.2, 0) is 22.6 Å². The van der Waals surface area contributed by atoms with Crippen molar-refractivity contribution in [3.05, 3.63) is 35.4 Å². The van der Waals surface area contributed by atoms with E-state index < -0.39 is 5.97 Å². The van der Waals surface area contributed by atoms with Crippen LogP contribution in [0.2, 0.25) is 0 Å². The van der Waals surface area contributed by atoms with Gasteiger partial charge in [-0.3, -0.25) is 4.79 Å². The monoisotopic (exact) mass is 248 g/mol. The smallest absolute Gasteiger partial charge is 0.278 e. The van der Waals surface area contributed by atoms with Gasteiger partial charge in [-0.05, 0) is 5.56 Å². The predicted molar refractivity (Wildman–Crippen MR) is 62.2 cm³/mol. The Hall–Kier alpha value is -1.88. The summed E-state index contributed by atoms with van der Waals surface area (Å²) in [5, 5.41) is 14.9. The molecular weight excluding hydrogens is 232 g/mol. The molecule has 5 nitrogen and oxygen atoms in total. The highest BCUT2D eigenvalue weighted by Gasteiger charge is 2.27. The van der Waals surface area contributed by atoms with Gasteiger partial charge in [0.1, 0.15) is 6.54 Å². The van der Waals surface area contributed by atoms with Gasteiger partial charge in [-0.2, -0.15) is 0 Å². The Morgan fingerprint density at radius 2 is 2.06 bits per heavy atom. The molecule has 0 unspecified atom stereocenters. The Balaban J connectivity index is 1.88. The lowest BCUT2D eigenvalue weighted by Crippen LogP contribution is -2.93. The third kappa shape index (κ3) is 3.07. The third-order valence-electron chi connectivity index (χ3n) is 3.15. The van der Waals surface area contributed by atoms with Gasteiger partial charge in [0.25, 0.3) is 5.91 Å². The summed E-state index contributed by atoms with van der Waals surface area (Å²) in [7, 11) is 0. The Morgan fingerprint density at radius 3 is 2.78 bits per heavy atom. The predicted octanol–water partition coefficient (Wildman–Crippen LogP) is -2.07. The highest BCUT2D eigenvalue weighted by molar-refractivity contribution is 5.81. The standard InChI is InChI=1S/C13H16N2O3/c16-12(17)5-6-14-13(18)11-7-9-3-1-2-4-10(9)8-15-11/h1-4,11,15H,5-8H2,(H,14,18)(H,16,17)/t11-/m0/s1. The van der Waals surface area contributed by atoms with E-state index in [1.54, 1.807) is 0 Å². The van der Waals surface area contributed by atoms with Crippen molar-refractivity contribution in [3.63, 3.8) is 0 Å². The number of nitrogens with two attached hydrogens (primary N) is 1. The van der Waals surface area contributed by atoms with Crippen molar-refractivity contribution in [3.8, 4) is 0 Å². The summed E-state index contributed by atoms with van der Waals surface area (Å²) in [5.74, 6) is -1.25. The maximum Gasteiger partial charge on any atom is 0.278 e. The highest BCUT2D eigenvalue weighted by atomic mass is 16.4. The second kappa shape index (κ2) is 5.64. The minimum Gasteiger partial charge on any atom is -0.550 e. The quantitative estimate of drug-likeness (QED) is 0.642. The number of carboxylic acids is 1. The first-order chi connectivity index (χ1) is 8.66. The lowest BCUT2D eigenvalue weighted by molar-refractivity contribution is -0.695. The Kier molecular flexibility index (Phi) is 3.94. The maximum absolute atomic E-state index is 11.8. The summed E-state index contributed by atoms with van der Waals surface area (Å²) >= 11 is 0. The van der Waals surface area contributed by atoms with E-state index in [4.69, 9.17) is 0 Å². The number of carbonyl (C=O) groups is 2. The van der Waals surface area contributed by atoms with Gasteiger partial charge in [-0.1, -0.05) is 24.3 Å². The van der Waals surface area contributed by atoms with E-state index in [-0.39, 0.29) is 24.9 Å². The molecule has 1 heterocycles. The first-order valence-corrected chi connectivity index (χ1v) is 6.04. The van der Waals surface area contributed by atoms with Gasteiger partial charge < -0.3 is 20.5 Å². The normalized spacial score (nSPS) is 17.9. The van der Waals surface area contributed by atoms with Crippen molar-refractivity contribution in [1.82, 2.24) is 5.32 Å². The lowest BCUT2D eigenvalue weighted by Gasteiger charge is -2.22. The van der Waals surface area contributed by atoms with E-state index in [0.29, 0.717) is 6.42 Å². The zero-order valence-electron chi connectivity index (χ0n) is 10.0. The van der Waals surface area contributed by atoms with E-state index in [0.717, 1.165) is 6.54 Å². The molecule has 0 saturated carbocycles. The summed E-state index contributed by atoms with van der Waals surface area (Å²) in [4.78, 5) is 22.1. The summed E-state index contributed by atoms with van der Waals surface area (Å²) in [5.41, 5.74) is 2.45. The van der Waals surface area contributed by atoms with Gasteiger partial charge in [0.15, 0.2) is 6.04 Å². The first kappa shape index (κ1) is 12.6. The van der Waals surface area contributed by atoms with Gasteiger partial charge in [-0.25, -0.2) is 0 Å². The average molecular weight is 248 g/mol. The molecule has 5 heteroatoms. The van der Waals surface area contributed by atoms with Crippen molar-refractivity contribution in [2.24, 2.45) is 0 Å². The molecule has 0 saturated heterocycles. The van der Waals surface area contributed by atoms with E-state index in [1.807, 2.05) is 23.5 Å². The van der Waals surface area contributed by atoms with Crippen molar-refractivity contribution in [1.29, 1.82) is 0 Å². The number of carboxylic acid groups (broad SMARTS) is 1. The number of aliphatic carboxylic acids is 1. The zero-order chi connectivity index (χ0) is 13.0. The van der Waals surface area contributed by atoms with E-state index in [2.05, 4.69) is 11.4 Å². The second-order valence-corrected chi connectivity index (χ2v) is 4.43. The van der Waals surface area contributed by atoms with Crippen molar-refractivity contribution >= 4 is 11.9 Å². The molecule has 1 aromatic carbocycles. The molecule has 3 N–H and O–H groups in total. The highest BCUT2D eigenvalue weighted by Crippen LogP contribution is 2.12. The fraction of sp³-hybridized carbons (Fsp3) is 0.385. The number of nitrogens with one attached hydrogen (secondary N) is 1. The minimum absolute atomic E-state index is 0.106. The summed E-state index contributed by atoms with van der Waals surface area (Å²) < 4.78 is 0. The Labute approximate surface area is 105 Å². The summed E-state index contributed by atoms with van der Waals surface area (Å²) in [6.45, 7) is 0.919. The molecule has 0 aromatic heterocycles. The van der Waals surface area contributed by atoms with Gasteiger partial charge >= 0.3 is 0 Å². The van der Waals surface area contributed by atoms with Gasteiger partial charge in [0, 0.05) is 30.9 Å². The average Bonchev–Trinajstić information content (AvgIpc) is 2.37. The number of fused-ring (bicyclic) bond motifs is 1. The SMILES string of the molecule is O=C([O-])CCNC(=O)[C@@H]1Cc2ccccc2C[NH2+]1. The molecule has 2 rings (SSSR count). The van der Waals surface area contributed by atoms with Gasteiger partial charge in [0.2, 0.25) is 0 Å². The van der Waals surface area contributed by atoms with Crippen LogP contribution in [0.3, 0.4) is 0 Å². The molecule has 0 spiro atoms. The lowest BCUT2D eigenvalue weighted by atomic mass is 9.95. The Morgan fingerprint density at radius 1 is 1.33 bits per heavy atom. The zero-order valence-corrected chi connectivity index (χ0v) is 10.0. The van der Waals surface area contributed by atoms with Crippen LogP contribution >= 0.6 is 0 Å². The fourth-order valence-electron chi connectivity index (χ4n) is 2.16. The molecule has 18 heavy (non-hydrogen) atoms. The van der Waals surface area contributed by atoms with Crippen LogP contribution in [0.25, 0.3) is 0 Å². The fourth-order valence-corrected chi connectivity index (χ4v) is 2.16. The summed E-state index contributed by atoms with van der Waals surface area (Å²) in [6, 6.07) is 7.89. The van der Waals surface area contributed by atoms with Crippen LogP contribution in [0.15, 0.2) is 24.3 Å². The number of carbonyl (C=O) groups excluding carboxylic acids is 2. The van der Waals surface area contributed by atoms with E-state index in [9.17, 15) is 14.7 Å². The number of rotatable bonds is 4. The van der Waals surface area contributed by atoms with Gasteiger partial charge in [-0.15, -0.1) is 0 Å². The Bertz CT molecular complexity index is 459. The van der Waals surface area contributed by atoms with Crippen molar-refractivity contribution in [2.75, 3.05) is 6.54 Å². The molecule has 1 aliphatic heterocycles. The number of hydrogen-bond acceptors (Lipinski definition) is 3. The van der Waals surface area contributed by atoms with Crippen LogP contribution in [0.4, 0.5) is 0 Å².